The van der Waals surface area contributed by atoms with Crippen molar-refractivity contribution in [3.05, 3.63) is 24.3 Å². The van der Waals surface area contributed by atoms with Crippen LogP contribution in [0.2, 0.25) is 0 Å². The van der Waals surface area contributed by atoms with Gasteiger partial charge in [0.15, 0.2) is 24.7 Å². The van der Waals surface area contributed by atoms with E-state index in [0.717, 1.165) is 12.8 Å². The predicted octanol–water partition coefficient (Wildman–Crippen LogP) is 2.22. The third-order valence-corrected chi connectivity index (χ3v) is 3.77. The number of alkyl halides is 3. The lowest BCUT2D eigenvalue weighted by atomic mass is 10.1. The van der Waals surface area contributed by atoms with E-state index in [-0.39, 0.29) is 30.1 Å². The van der Waals surface area contributed by atoms with Gasteiger partial charge < -0.3 is 19.7 Å². The molecule has 24 heavy (non-hydrogen) atoms. The highest BCUT2D eigenvalue weighted by molar-refractivity contribution is 5.78. The number of carbonyl (C=O) groups excluding carboxylic acids is 1. The lowest BCUT2D eigenvalue weighted by Crippen LogP contribution is -2.48. The van der Waals surface area contributed by atoms with E-state index in [1.807, 2.05) is 7.05 Å². The van der Waals surface area contributed by atoms with Crippen LogP contribution < -0.4 is 14.8 Å². The number of piperidine rings is 1. The number of rotatable bonds is 6. The number of carbonyl (C=O) groups is 1. The second kappa shape index (κ2) is 8.23. The van der Waals surface area contributed by atoms with E-state index in [9.17, 15) is 18.0 Å². The molecule has 1 aromatic carbocycles. The first-order valence-electron chi connectivity index (χ1n) is 7.75. The summed E-state index contributed by atoms with van der Waals surface area (Å²) in [5, 5.41) is 3.14. The third-order valence-electron chi connectivity index (χ3n) is 3.77. The third kappa shape index (κ3) is 5.59. The van der Waals surface area contributed by atoms with Crippen LogP contribution in [-0.2, 0) is 4.79 Å². The smallest absolute Gasteiger partial charge is 0.422 e. The number of likely N-dealkylation sites (N-methyl/N-ethyl adjacent to an activating group) is 1. The number of amides is 1. The molecule has 0 bridgehead atoms. The molecule has 8 heteroatoms. The molecular formula is C16H21F3N2O3. The Balaban J connectivity index is 1.90. The molecule has 1 aliphatic heterocycles. The summed E-state index contributed by atoms with van der Waals surface area (Å²) in [7, 11) is 1.85. The van der Waals surface area contributed by atoms with Gasteiger partial charge in [0.1, 0.15) is 0 Å². The topological polar surface area (TPSA) is 50.8 Å². The SMILES string of the molecule is CN[C@@H]1CCCN(C(=O)COc2ccccc2OCC(F)(F)F)C1. The number of para-hydroxylation sites is 2. The van der Waals surface area contributed by atoms with E-state index in [4.69, 9.17) is 9.47 Å². The molecule has 5 nitrogen and oxygen atoms in total. The Bertz CT molecular complexity index is 552. The highest BCUT2D eigenvalue weighted by Gasteiger charge is 2.29. The predicted molar refractivity (Wildman–Crippen MR) is 82.1 cm³/mol. The molecule has 0 aromatic heterocycles. The zero-order valence-corrected chi connectivity index (χ0v) is 13.4. The Hall–Kier alpha value is -1.96. The Morgan fingerprint density at radius 1 is 1.29 bits per heavy atom. The summed E-state index contributed by atoms with van der Waals surface area (Å²) >= 11 is 0. The van der Waals surface area contributed by atoms with Gasteiger partial charge in [0.25, 0.3) is 5.91 Å². The molecule has 0 unspecified atom stereocenters. The number of halogens is 3. The molecule has 1 aliphatic rings. The van der Waals surface area contributed by atoms with Crippen molar-refractivity contribution >= 4 is 5.91 Å². The minimum Gasteiger partial charge on any atom is -0.480 e. The van der Waals surface area contributed by atoms with Crippen LogP contribution in [0.3, 0.4) is 0 Å². The maximum atomic E-state index is 12.3. The second-order valence-electron chi connectivity index (χ2n) is 5.61. The molecule has 2 rings (SSSR count). The van der Waals surface area contributed by atoms with Crippen molar-refractivity contribution in [1.82, 2.24) is 10.2 Å². The molecule has 1 heterocycles. The summed E-state index contributed by atoms with van der Waals surface area (Å²) in [4.78, 5) is 13.9. The first kappa shape index (κ1) is 18.4. The van der Waals surface area contributed by atoms with Gasteiger partial charge in [-0.1, -0.05) is 12.1 Å². The fraction of sp³-hybridized carbons (Fsp3) is 0.562. The molecule has 1 saturated heterocycles. The number of ether oxygens (including phenoxy) is 2. The van der Waals surface area contributed by atoms with Crippen molar-refractivity contribution in [2.24, 2.45) is 0 Å². The van der Waals surface area contributed by atoms with Gasteiger partial charge in [0.05, 0.1) is 0 Å². The summed E-state index contributed by atoms with van der Waals surface area (Å²) in [5.41, 5.74) is 0. The lowest BCUT2D eigenvalue weighted by Gasteiger charge is -2.32. The maximum Gasteiger partial charge on any atom is 0.422 e. The largest absolute Gasteiger partial charge is 0.480 e. The molecule has 0 radical (unpaired) electrons. The van der Waals surface area contributed by atoms with Crippen LogP contribution in [0.15, 0.2) is 24.3 Å². The number of likely N-dealkylation sites (tertiary alicyclic amines) is 1. The van der Waals surface area contributed by atoms with Gasteiger partial charge in [-0.3, -0.25) is 4.79 Å². The normalized spacial score (nSPS) is 18.3. The molecule has 0 saturated carbocycles. The Morgan fingerprint density at radius 2 is 1.96 bits per heavy atom. The van der Waals surface area contributed by atoms with Gasteiger partial charge in [-0.2, -0.15) is 13.2 Å². The molecular weight excluding hydrogens is 325 g/mol. The molecule has 0 spiro atoms. The number of nitrogens with zero attached hydrogens (tertiary/aromatic N) is 1. The highest BCUT2D eigenvalue weighted by atomic mass is 19.4. The second-order valence-corrected chi connectivity index (χ2v) is 5.61. The molecule has 0 aliphatic carbocycles. The van der Waals surface area contributed by atoms with Gasteiger partial charge in [0.2, 0.25) is 0 Å². The number of hydrogen-bond donors (Lipinski definition) is 1. The number of benzene rings is 1. The summed E-state index contributed by atoms with van der Waals surface area (Å²) in [5.74, 6) is -0.104. The van der Waals surface area contributed by atoms with Crippen molar-refractivity contribution in [3.63, 3.8) is 0 Å². The van der Waals surface area contributed by atoms with E-state index in [0.29, 0.717) is 13.1 Å². The van der Waals surface area contributed by atoms with Crippen LogP contribution in [0.1, 0.15) is 12.8 Å². The standard InChI is InChI=1S/C16H21F3N2O3/c1-20-12-5-4-8-21(9-12)15(22)10-23-13-6-2-3-7-14(13)24-11-16(17,18)19/h2-3,6-7,12,20H,4-5,8-11H2,1H3/t12-/m1/s1. The fourth-order valence-electron chi connectivity index (χ4n) is 2.52. The van der Waals surface area contributed by atoms with E-state index in [2.05, 4.69) is 5.32 Å². The Labute approximate surface area is 138 Å². The molecule has 1 fully saturated rings. The summed E-state index contributed by atoms with van der Waals surface area (Å²) < 4.78 is 46.9. The average Bonchev–Trinajstić information content (AvgIpc) is 2.58. The molecule has 1 amide bonds. The van der Waals surface area contributed by atoms with Crippen LogP contribution in [0.5, 0.6) is 11.5 Å². The van der Waals surface area contributed by atoms with Crippen molar-refractivity contribution in [2.45, 2.75) is 25.1 Å². The molecule has 1 N–H and O–H groups in total. The number of nitrogens with one attached hydrogen (secondary N) is 1. The monoisotopic (exact) mass is 346 g/mol. The number of hydrogen-bond acceptors (Lipinski definition) is 4. The summed E-state index contributed by atoms with van der Waals surface area (Å²) in [6.07, 6.45) is -2.52. The van der Waals surface area contributed by atoms with Crippen LogP contribution in [0.25, 0.3) is 0 Å². The van der Waals surface area contributed by atoms with Crippen LogP contribution in [-0.4, -0.2) is 56.4 Å². The van der Waals surface area contributed by atoms with Gasteiger partial charge in [0, 0.05) is 19.1 Å². The van der Waals surface area contributed by atoms with Crippen molar-refractivity contribution in [3.8, 4) is 11.5 Å². The van der Waals surface area contributed by atoms with Crippen LogP contribution in [0.4, 0.5) is 13.2 Å². The van der Waals surface area contributed by atoms with E-state index in [1.54, 1.807) is 17.0 Å². The van der Waals surface area contributed by atoms with Gasteiger partial charge in [-0.15, -0.1) is 0 Å². The Kier molecular flexibility index (Phi) is 6.30. The fourth-order valence-corrected chi connectivity index (χ4v) is 2.52. The van der Waals surface area contributed by atoms with Gasteiger partial charge in [-0.25, -0.2) is 0 Å². The van der Waals surface area contributed by atoms with Crippen molar-refractivity contribution in [1.29, 1.82) is 0 Å². The molecule has 1 aromatic rings. The zero-order valence-electron chi connectivity index (χ0n) is 13.4. The first-order chi connectivity index (χ1) is 11.4. The minimum absolute atomic E-state index is 0.0330. The van der Waals surface area contributed by atoms with E-state index >= 15 is 0 Å². The quantitative estimate of drug-likeness (QED) is 0.858. The zero-order chi connectivity index (χ0) is 17.6. The van der Waals surface area contributed by atoms with E-state index < -0.39 is 12.8 Å². The highest BCUT2D eigenvalue weighted by Crippen LogP contribution is 2.28. The lowest BCUT2D eigenvalue weighted by molar-refractivity contribution is -0.153. The molecule has 134 valence electrons. The molecule has 1 atom stereocenters. The minimum atomic E-state index is -4.43. The van der Waals surface area contributed by atoms with E-state index in [1.165, 1.54) is 12.1 Å². The summed E-state index contributed by atoms with van der Waals surface area (Å²) in [6, 6.07) is 6.26. The average molecular weight is 346 g/mol. The first-order valence-corrected chi connectivity index (χ1v) is 7.75. The maximum absolute atomic E-state index is 12.3. The van der Waals surface area contributed by atoms with Crippen molar-refractivity contribution < 1.29 is 27.4 Å². The van der Waals surface area contributed by atoms with Crippen LogP contribution >= 0.6 is 0 Å². The van der Waals surface area contributed by atoms with Crippen LogP contribution in [0, 0.1) is 0 Å². The van der Waals surface area contributed by atoms with Crippen molar-refractivity contribution in [2.75, 3.05) is 33.4 Å². The van der Waals surface area contributed by atoms with Gasteiger partial charge >= 0.3 is 6.18 Å². The van der Waals surface area contributed by atoms with Gasteiger partial charge in [-0.05, 0) is 32.0 Å². The summed E-state index contributed by atoms with van der Waals surface area (Å²) in [6.45, 7) is -0.377. The Morgan fingerprint density at radius 3 is 2.58 bits per heavy atom.